The van der Waals surface area contributed by atoms with E-state index in [0.29, 0.717) is 0 Å². The molecule has 0 spiro atoms. The van der Waals surface area contributed by atoms with Crippen molar-refractivity contribution in [2.24, 2.45) is 10.4 Å². The number of nitrogens with zero attached hydrogens (tertiary/aromatic N) is 1. The number of hydrogen-bond donors (Lipinski definition) is 2. The van der Waals surface area contributed by atoms with E-state index in [2.05, 4.69) is 4.99 Å². The Morgan fingerprint density at radius 1 is 1.42 bits per heavy atom. The number of benzene rings is 1. The fraction of sp³-hybridized carbons (Fsp3) is 0.375. The van der Waals surface area contributed by atoms with E-state index in [1.54, 1.807) is 0 Å². The molecule has 3 atom stereocenters. The van der Waals surface area contributed by atoms with Crippen molar-refractivity contribution in [2.75, 3.05) is 0 Å². The van der Waals surface area contributed by atoms with Crippen LogP contribution in [0.2, 0.25) is 0 Å². The average molecular weight is 362 g/mol. The summed E-state index contributed by atoms with van der Waals surface area (Å²) in [5.74, 6) is -1.39. The molecule has 1 aliphatic heterocycles. The van der Waals surface area contributed by atoms with Crippen LogP contribution in [0.5, 0.6) is 0 Å². The standard InChI is InChI=1S/C16H15ClF3NO3/c1-14(13(22)23,15(24)6-3-7-21-12(15)17)9-10-4-2-5-11(8-10)16(18,19)20/h2-8,12,24H,9H2,1H3,(H,22,23). The first-order chi connectivity index (χ1) is 11.0. The van der Waals surface area contributed by atoms with Crippen molar-refractivity contribution in [2.45, 2.75) is 30.6 Å². The van der Waals surface area contributed by atoms with Crippen molar-refractivity contribution in [1.82, 2.24) is 0 Å². The number of rotatable bonds is 4. The highest BCUT2D eigenvalue weighted by Gasteiger charge is 2.56. The Morgan fingerprint density at radius 3 is 2.62 bits per heavy atom. The van der Waals surface area contributed by atoms with Crippen molar-refractivity contribution in [1.29, 1.82) is 0 Å². The fourth-order valence-electron chi connectivity index (χ4n) is 2.61. The first-order valence-corrected chi connectivity index (χ1v) is 7.41. The second-order valence-corrected chi connectivity index (χ2v) is 6.24. The molecule has 8 heteroatoms. The van der Waals surface area contributed by atoms with Gasteiger partial charge in [-0.3, -0.25) is 9.79 Å². The lowest BCUT2D eigenvalue weighted by Gasteiger charge is -2.42. The van der Waals surface area contributed by atoms with Gasteiger partial charge in [-0.2, -0.15) is 13.2 Å². The Balaban J connectivity index is 2.45. The maximum absolute atomic E-state index is 12.8. The van der Waals surface area contributed by atoms with Crippen LogP contribution in [-0.4, -0.2) is 33.5 Å². The molecule has 3 unspecified atom stereocenters. The predicted octanol–water partition coefficient (Wildman–Crippen LogP) is 3.28. The molecule has 1 aromatic carbocycles. The molecule has 0 fully saturated rings. The molecule has 0 saturated heterocycles. The monoisotopic (exact) mass is 361 g/mol. The van der Waals surface area contributed by atoms with Crippen LogP contribution in [0.3, 0.4) is 0 Å². The lowest BCUT2D eigenvalue weighted by atomic mass is 9.68. The molecule has 0 radical (unpaired) electrons. The van der Waals surface area contributed by atoms with E-state index in [9.17, 15) is 28.2 Å². The normalized spacial score (nSPS) is 26.2. The minimum Gasteiger partial charge on any atom is -0.481 e. The summed E-state index contributed by atoms with van der Waals surface area (Å²) in [7, 11) is 0. The third kappa shape index (κ3) is 3.18. The van der Waals surface area contributed by atoms with Gasteiger partial charge in [0.2, 0.25) is 0 Å². The SMILES string of the molecule is CC(Cc1cccc(C(F)(F)F)c1)(C(=O)O)C1(O)C=CC=NC1Cl. The third-order valence-corrected chi connectivity index (χ3v) is 4.63. The lowest BCUT2D eigenvalue weighted by Crippen LogP contribution is -2.57. The first kappa shape index (κ1) is 18.5. The zero-order valence-electron chi connectivity index (χ0n) is 12.6. The molecule has 2 N–H and O–H groups in total. The van der Waals surface area contributed by atoms with E-state index in [-0.39, 0.29) is 12.0 Å². The highest BCUT2D eigenvalue weighted by molar-refractivity contribution is 6.22. The molecule has 0 aliphatic carbocycles. The zero-order chi connectivity index (χ0) is 18.2. The first-order valence-electron chi connectivity index (χ1n) is 6.98. The molecule has 4 nitrogen and oxygen atoms in total. The number of dihydropyridines is 1. The van der Waals surface area contributed by atoms with Crippen molar-refractivity contribution in [3.8, 4) is 0 Å². The summed E-state index contributed by atoms with van der Waals surface area (Å²) in [6.07, 6.45) is -1.02. The summed E-state index contributed by atoms with van der Waals surface area (Å²) in [6.45, 7) is 1.23. The number of aliphatic hydroxyl groups is 1. The van der Waals surface area contributed by atoms with E-state index in [0.717, 1.165) is 12.1 Å². The number of alkyl halides is 4. The van der Waals surface area contributed by atoms with Crippen LogP contribution >= 0.6 is 11.6 Å². The van der Waals surface area contributed by atoms with Gasteiger partial charge in [-0.25, -0.2) is 0 Å². The Morgan fingerprint density at radius 2 is 2.08 bits per heavy atom. The Labute approximate surface area is 141 Å². The van der Waals surface area contributed by atoms with Crippen LogP contribution in [0.4, 0.5) is 13.2 Å². The third-order valence-electron chi connectivity index (χ3n) is 4.18. The van der Waals surface area contributed by atoms with E-state index in [4.69, 9.17) is 11.6 Å². The lowest BCUT2D eigenvalue weighted by molar-refractivity contribution is -0.161. The van der Waals surface area contributed by atoms with Crippen molar-refractivity contribution >= 4 is 23.8 Å². The molecule has 1 heterocycles. The molecule has 24 heavy (non-hydrogen) atoms. The van der Waals surface area contributed by atoms with Gasteiger partial charge in [0.1, 0.15) is 11.0 Å². The van der Waals surface area contributed by atoms with Gasteiger partial charge in [-0.05, 0) is 37.1 Å². The van der Waals surface area contributed by atoms with Gasteiger partial charge in [0.05, 0.1) is 5.56 Å². The Bertz CT molecular complexity index is 704. The molecule has 1 aromatic rings. The van der Waals surface area contributed by atoms with Gasteiger partial charge >= 0.3 is 12.1 Å². The summed E-state index contributed by atoms with van der Waals surface area (Å²) in [6, 6.07) is 4.32. The van der Waals surface area contributed by atoms with Crippen LogP contribution in [0, 0.1) is 5.41 Å². The van der Waals surface area contributed by atoms with Crippen LogP contribution in [-0.2, 0) is 17.4 Å². The Hall–Kier alpha value is -1.86. The van der Waals surface area contributed by atoms with Gasteiger partial charge in [0.25, 0.3) is 0 Å². The van der Waals surface area contributed by atoms with Crippen LogP contribution < -0.4 is 0 Å². The van der Waals surface area contributed by atoms with Crippen molar-refractivity contribution < 1.29 is 28.2 Å². The number of aliphatic carboxylic acids is 1. The van der Waals surface area contributed by atoms with Gasteiger partial charge in [0.15, 0.2) is 5.50 Å². The predicted molar refractivity (Wildman–Crippen MR) is 83.1 cm³/mol. The number of carbonyl (C=O) groups is 1. The van der Waals surface area contributed by atoms with Gasteiger partial charge < -0.3 is 10.2 Å². The summed E-state index contributed by atoms with van der Waals surface area (Å²) in [5.41, 5.74) is -5.97. The Kier molecular flexibility index (Phi) is 4.79. The number of carboxylic acid groups (broad SMARTS) is 1. The molecular weight excluding hydrogens is 347 g/mol. The minimum absolute atomic E-state index is 0.120. The molecule has 0 saturated carbocycles. The van der Waals surface area contributed by atoms with Crippen LogP contribution in [0.15, 0.2) is 41.4 Å². The summed E-state index contributed by atoms with van der Waals surface area (Å²) >= 11 is 5.98. The maximum Gasteiger partial charge on any atom is 0.416 e. The molecule has 0 bridgehead atoms. The van der Waals surface area contributed by atoms with Crippen molar-refractivity contribution in [3.05, 3.63) is 47.5 Å². The van der Waals surface area contributed by atoms with Gasteiger partial charge in [0, 0.05) is 6.21 Å². The van der Waals surface area contributed by atoms with E-state index < -0.39 is 34.2 Å². The molecule has 130 valence electrons. The molecule has 0 amide bonds. The number of allylic oxidation sites excluding steroid dienone is 1. The molecule has 0 aromatic heterocycles. The summed E-state index contributed by atoms with van der Waals surface area (Å²) in [4.78, 5) is 15.6. The zero-order valence-corrected chi connectivity index (χ0v) is 13.3. The number of halogens is 4. The average Bonchev–Trinajstić information content (AvgIpc) is 2.49. The number of hydrogen-bond acceptors (Lipinski definition) is 3. The minimum atomic E-state index is -4.55. The van der Waals surface area contributed by atoms with E-state index in [1.165, 1.54) is 37.4 Å². The maximum atomic E-state index is 12.8. The fourth-order valence-corrected chi connectivity index (χ4v) is 2.99. The number of aliphatic imine (C=N–C) groups is 1. The molecule has 1 aliphatic rings. The van der Waals surface area contributed by atoms with Gasteiger partial charge in [-0.1, -0.05) is 29.8 Å². The van der Waals surface area contributed by atoms with Crippen LogP contribution in [0.1, 0.15) is 18.1 Å². The molecular formula is C16H15ClF3NO3. The summed E-state index contributed by atoms with van der Waals surface area (Å²) in [5, 5.41) is 20.4. The quantitative estimate of drug-likeness (QED) is 0.638. The van der Waals surface area contributed by atoms with Crippen LogP contribution in [0.25, 0.3) is 0 Å². The van der Waals surface area contributed by atoms with E-state index >= 15 is 0 Å². The largest absolute Gasteiger partial charge is 0.481 e. The number of carboxylic acids is 1. The second-order valence-electron chi connectivity index (χ2n) is 5.83. The highest BCUT2D eigenvalue weighted by Crippen LogP contribution is 2.43. The van der Waals surface area contributed by atoms with Crippen molar-refractivity contribution in [3.63, 3.8) is 0 Å². The van der Waals surface area contributed by atoms with E-state index in [1.807, 2.05) is 0 Å². The second kappa shape index (κ2) is 6.22. The highest BCUT2D eigenvalue weighted by atomic mass is 35.5. The summed E-state index contributed by atoms with van der Waals surface area (Å²) < 4.78 is 38.5. The topological polar surface area (TPSA) is 69.9 Å². The van der Waals surface area contributed by atoms with Gasteiger partial charge in [-0.15, -0.1) is 0 Å². The molecule has 2 rings (SSSR count). The smallest absolute Gasteiger partial charge is 0.416 e.